The highest BCUT2D eigenvalue weighted by molar-refractivity contribution is 9.10. The van der Waals surface area contributed by atoms with Crippen LogP contribution in [0, 0.1) is 0 Å². The fourth-order valence-corrected chi connectivity index (χ4v) is 0.383. The van der Waals surface area contributed by atoms with Crippen molar-refractivity contribution in [3.8, 4) is 0 Å². The largest absolute Gasteiger partial charge is 0.475 e. The molecule has 3 nitrogen and oxygen atoms in total. The zero-order chi connectivity index (χ0) is 6.73. The number of aliphatic carboxylic acids is 1. The van der Waals surface area contributed by atoms with E-state index in [1.807, 2.05) is 0 Å². The van der Waals surface area contributed by atoms with Crippen LogP contribution in [0.1, 0.15) is 0 Å². The van der Waals surface area contributed by atoms with Gasteiger partial charge in [-0.25, -0.2) is 4.79 Å². The van der Waals surface area contributed by atoms with Crippen LogP contribution < -0.4 is 0 Å². The molecule has 46 valence electrons. The second kappa shape index (κ2) is 3.04. The molecule has 0 unspecified atom stereocenters. The molecule has 0 heterocycles. The van der Waals surface area contributed by atoms with E-state index in [9.17, 15) is 9.59 Å². The minimum atomic E-state index is -1.53. The highest BCUT2D eigenvalue weighted by Crippen LogP contribution is 2.04. The Morgan fingerprint density at radius 1 is 1.62 bits per heavy atom. The number of carbonyl (C=O) groups is 2. The predicted molar refractivity (Wildman–Crippen MR) is 31.2 cm³/mol. The predicted octanol–water partition coefficient (Wildman–Crippen LogP) is 0.600. The Morgan fingerprint density at radius 2 is 2.00 bits per heavy atom. The summed E-state index contributed by atoms with van der Waals surface area (Å²) in [6, 6.07) is 0. The van der Waals surface area contributed by atoms with Crippen LogP contribution in [0.15, 0.2) is 0 Å². The number of rotatable bonds is 2. The van der Waals surface area contributed by atoms with E-state index in [1.165, 1.54) is 0 Å². The first-order valence-electron chi connectivity index (χ1n) is 1.61. The van der Waals surface area contributed by atoms with Crippen LogP contribution in [0.4, 0.5) is 0 Å². The Kier molecular flexibility index (Phi) is 3.01. The summed E-state index contributed by atoms with van der Waals surface area (Å²) < 4.78 is -1.11. The third-order valence-electron chi connectivity index (χ3n) is 0.409. The van der Waals surface area contributed by atoms with Gasteiger partial charge in [-0.15, -0.1) is 11.6 Å². The van der Waals surface area contributed by atoms with E-state index >= 15 is 0 Å². The molecule has 1 N–H and O–H groups in total. The summed E-state index contributed by atoms with van der Waals surface area (Å²) >= 11 is 7.58. The molecule has 0 rings (SSSR count). The lowest BCUT2D eigenvalue weighted by atomic mass is 10.5. The SMILES string of the molecule is O=C(O)C(=O)[C@@H](Cl)Br. The lowest BCUT2D eigenvalue weighted by Gasteiger charge is -1.89. The number of hydrogen-bond donors (Lipinski definition) is 1. The first-order chi connectivity index (χ1) is 3.55. The molecule has 5 heteroatoms. The second-order valence-electron chi connectivity index (χ2n) is 0.970. The average Bonchev–Trinajstić information content (AvgIpc) is 1.64. The molecule has 0 spiro atoms. The van der Waals surface area contributed by atoms with Crippen molar-refractivity contribution < 1.29 is 14.7 Å². The van der Waals surface area contributed by atoms with Crippen molar-refractivity contribution in [2.24, 2.45) is 0 Å². The quantitative estimate of drug-likeness (QED) is 0.526. The Balaban J connectivity index is 3.84. The van der Waals surface area contributed by atoms with Crippen molar-refractivity contribution in [2.75, 3.05) is 0 Å². The molecule has 0 radical (unpaired) electrons. The van der Waals surface area contributed by atoms with Crippen LogP contribution in [-0.4, -0.2) is 21.1 Å². The maximum absolute atomic E-state index is 10.1. The molecule has 0 saturated carbocycles. The molecular weight excluding hydrogens is 199 g/mol. The van der Waals surface area contributed by atoms with Gasteiger partial charge in [0.25, 0.3) is 5.78 Å². The lowest BCUT2D eigenvalue weighted by molar-refractivity contribution is -0.148. The fraction of sp³-hybridized carbons (Fsp3) is 0.333. The summed E-state index contributed by atoms with van der Waals surface area (Å²) in [5.74, 6) is -2.58. The van der Waals surface area contributed by atoms with Gasteiger partial charge in [0.15, 0.2) is 4.29 Å². The molecule has 0 bridgehead atoms. The van der Waals surface area contributed by atoms with E-state index in [0.717, 1.165) is 0 Å². The number of ketones is 1. The third kappa shape index (κ3) is 2.28. The van der Waals surface area contributed by atoms with Gasteiger partial charge in [0.2, 0.25) is 0 Å². The van der Waals surface area contributed by atoms with Gasteiger partial charge in [0.1, 0.15) is 0 Å². The average molecular weight is 201 g/mol. The van der Waals surface area contributed by atoms with Gasteiger partial charge in [-0.1, -0.05) is 15.9 Å². The van der Waals surface area contributed by atoms with E-state index in [-0.39, 0.29) is 0 Å². The number of halogens is 2. The summed E-state index contributed by atoms with van der Waals surface area (Å²) in [6.07, 6.45) is 0. The lowest BCUT2D eigenvalue weighted by Crippen LogP contribution is -2.18. The number of carboxylic acid groups (broad SMARTS) is 1. The van der Waals surface area contributed by atoms with Crippen LogP contribution >= 0.6 is 27.5 Å². The molecule has 8 heavy (non-hydrogen) atoms. The molecule has 0 aliphatic heterocycles. The van der Waals surface area contributed by atoms with Crippen molar-refractivity contribution in [3.63, 3.8) is 0 Å². The van der Waals surface area contributed by atoms with Crippen molar-refractivity contribution >= 4 is 39.3 Å². The molecule has 0 aliphatic carbocycles. The number of Topliss-reactive ketones (excluding diaryl/α,β-unsaturated/α-hetero) is 1. The molecule has 0 aliphatic rings. The third-order valence-corrected chi connectivity index (χ3v) is 1.02. The van der Waals surface area contributed by atoms with Crippen molar-refractivity contribution in [1.82, 2.24) is 0 Å². The summed E-state index contributed by atoms with van der Waals surface area (Å²) in [7, 11) is 0. The number of hydrogen-bond acceptors (Lipinski definition) is 2. The fourth-order valence-electron chi connectivity index (χ4n) is 0.0933. The van der Waals surface area contributed by atoms with E-state index in [1.54, 1.807) is 0 Å². The molecule has 0 aromatic heterocycles. The summed E-state index contributed by atoms with van der Waals surface area (Å²) in [6.45, 7) is 0. The highest BCUT2D eigenvalue weighted by Gasteiger charge is 2.18. The van der Waals surface area contributed by atoms with E-state index in [2.05, 4.69) is 15.9 Å². The molecular formula is C3H2BrClO3. The summed E-state index contributed by atoms with van der Waals surface area (Å²) in [5.41, 5.74) is 0. The highest BCUT2D eigenvalue weighted by atomic mass is 79.9. The monoisotopic (exact) mass is 200 g/mol. The normalized spacial score (nSPS) is 12.8. The van der Waals surface area contributed by atoms with Crippen LogP contribution in [0.2, 0.25) is 0 Å². The van der Waals surface area contributed by atoms with Crippen LogP contribution in [-0.2, 0) is 9.59 Å². The van der Waals surface area contributed by atoms with Gasteiger partial charge in [0, 0.05) is 0 Å². The first kappa shape index (κ1) is 7.91. The van der Waals surface area contributed by atoms with Gasteiger partial charge < -0.3 is 5.11 Å². The maximum Gasteiger partial charge on any atom is 0.374 e. The van der Waals surface area contributed by atoms with Crippen molar-refractivity contribution in [3.05, 3.63) is 0 Å². The first-order valence-corrected chi connectivity index (χ1v) is 2.96. The molecule has 0 aromatic rings. The number of carboxylic acids is 1. The minimum Gasteiger partial charge on any atom is -0.475 e. The topological polar surface area (TPSA) is 54.4 Å². The smallest absolute Gasteiger partial charge is 0.374 e. The molecule has 0 aromatic carbocycles. The Bertz CT molecular complexity index is 122. The van der Waals surface area contributed by atoms with E-state index < -0.39 is 16.0 Å². The number of alkyl halides is 2. The van der Waals surface area contributed by atoms with Gasteiger partial charge >= 0.3 is 5.97 Å². The standard InChI is InChI=1S/C3H2BrClO3/c4-2(5)1(6)3(7)8/h2H,(H,7,8)/t2-/m1/s1. The van der Waals surface area contributed by atoms with Crippen LogP contribution in [0.5, 0.6) is 0 Å². The molecule has 0 saturated heterocycles. The molecule has 1 atom stereocenters. The Morgan fingerprint density at radius 3 is 2.00 bits per heavy atom. The molecule has 0 fully saturated rings. The summed E-state index contributed by atoms with van der Waals surface area (Å²) in [5, 5.41) is 7.89. The zero-order valence-electron chi connectivity index (χ0n) is 3.60. The minimum absolute atomic E-state index is 1.05. The van der Waals surface area contributed by atoms with Gasteiger partial charge in [-0.3, -0.25) is 4.79 Å². The number of carbonyl (C=O) groups excluding carboxylic acids is 1. The molecule has 0 amide bonds. The van der Waals surface area contributed by atoms with Gasteiger partial charge in [-0.2, -0.15) is 0 Å². The Hall–Kier alpha value is -0.0900. The van der Waals surface area contributed by atoms with Crippen LogP contribution in [0.25, 0.3) is 0 Å². The van der Waals surface area contributed by atoms with E-state index in [4.69, 9.17) is 16.7 Å². The van der Waals surface area contributed by atoms with E-state index in [0.29, 0.717) is 0 Å². The van der Waals surface area contributed by atoms with Gasteiger partial charge in [-0.05, 0) is 0 Å². The van der Waals surface area contributed by atoms with Crippen LogP contribution in [0.3, 0.4) is 0 Å². The Labute approximate surface area is 58.8 Å². The van der Waals surface area contributed by atoms with Gasteiger partial charge in [0.05, 0.1) is 0 Å². The summed E-state index contributed by atoms with van der Waals surface area (Å²) in [4.78, 5) is 19.7. The van der Waals surface area contributed by atoms with Crippen molar-refractivity contribution in [1.29, 1.82) is 0 Å². The second-order valence-corrected chi connectivity index (χ2v) is 2.85. The maximum atomic E-state index is 10.1. The van der Waals surface area contributed by atoms with Crippen molar-refractivity contribution in [2.45, 2.75) is 4.29 Å². The zero-order valence-corrected chi connectivity index (χ0v) is 5.94.